The van der Waals surface area contributed by atoms with Gasteiger partial charge in [-0.05, 0) is 6.07 Å². The fourth-order valence-electron chi connectivity index (χ4n) is 0.884. The minimum atomic E-state index is -0.770. The predicted octanol–water partition coefficient (Wildman–Crippen LogP) is 1.67. The van der Waals surface area contributed by atoms with E-state index in [-0.39, 0.29) is 11.4 Å². The van der Waals surface area contributed by atoms with E-state index in [2.05, 4.69) is 11.8 Å². The summed E-state index contributed by atoms with van der Waals surface area (Å²) in [6, 6.07) is 3.05. The van der Waals surface area contributed by atoms with Crippen molar-refractivity contribution in [3.8, 4) is 5.75 Å². The van der Waals surface area contributed by atoms with E-state index in [0.717, 1.165) is 18.2 Å². The largest absolute Gasteiger partial charge is 0.483 e. The van der Waals surface area contributed by atoms with Crippen molar-refractivity contribution < 1.29 is 14.6 Å². The average Bonchev–Trinajstić information content (AvgIpc) is 2.16. The highest BCUT2D eigenvalue weighted by atomic mass is 16.6. The quantitative estimate of drug-likeness (QED) is 0.542. The van der Waals surface area contributed by atoms with Gasteiger partial charge in [0.2, 0.25) is 0 Å². The van der Waals surface area contributed by atoms with Gasteiger partial charge in [-0.1, -0.05) is 0 Å². The maximum atomic E-state index is 10.4. The van der Waals surface area contributed by atoms with Gasteiger partial charge in [0, 0.05) is 6.07 Å². The smallest absolute Gasteiger partial charge is 0.317 e. The van der Waals surface area contributed by atoms with Crippen LogP contribution in [-0.2, 0) is 0 Å². The molecule has 7 nitrogen and oxygen atoms in total. The Morgan fingerprint density at radius 2 is 1.86 bits per heavy atom. The molecule has 73 valence electrons. The van der Waals surface area contributed by atoms with Crippen LogP contribution in [0, 0.1) is 27.3 Å². The lowest BCUT2D eigenvalue weighted by molar-refractivity contribution is -0.394. The Hall–Kier alpha value is -2.18. The molecule has 0 aliphatic rings. The van der Waals surface area contributed by atoms with E-state index in [4.69, 9.17) is 0 Å². The van der Waals surface area contributed by atoms with Crippen LogP contribution < -0.4 is 4.74 Å². The Kier molecular flexibility index (Phi) is 2.61. The second kappa shape index (κ2) is 3.69. The van der Waals surface area contributed by atoms with Gasteiger partial charge in [0.05, 0.1) is 15.9 Å². The molecule has 0 amide bonds. The van der Waals surface area contributed by atoms with Crippen LogP contribution in [0.15, 0.2) is 18.2 Å². The van der Waals surface area contributed by atoms with Gasteiger partial charge >= 0.3 is 5.69 Å². The lowest BCUT2D eigenvalue weighted by atomic mass is 10.2. The first-order valence-electron chi connectivity index (χ1n) is 3.41. The van der Waals surface area contributed by atoms with E-state index in [1.807, 2.05) is 0 Å². The van der Waals surface area contributed by atoms with Crippen molar-refractivity contribution in [1.82, 2.24) is 0 Å². The van der Waals surface area contributed by atoms with Crippen LogP contribution in [0.25, 0.3) is 0 Å². The number of rotatable bonds is 3. The van der Waals surface area contributed by atoms with E-state index >= 15 is 0 Å². The van der Waals surface area contributed by atoms with Crippen LogP contribution in [0.5, 0.6) is 5.75 Å². The Morgan fingerprint density at radius 3 is 2.29 bits per heavy atom. The molecule has 0 saturated carbocycles. The van der Waals surface area contributed by atoms with Crippen molar-refractivity contribution in [3.05, 3.63) is 45.5 Å². The van der Waals surface area contributed by atoms with Crippen molar-refractivity contribution in [1.29, 1.82) is 0 Å². The fourth-order valence-corrected chi connectivity index (χ4v) is 0.884. The predicted molar refractivity (Wildman–Crippen MR) is 45.7 cm³/mol. The van der Waals surface area contributed by atoms with Gasteiger partial charge in [0.15, 0.2) is 5.75 Å². The molecule has 1 aromatic carbocycles. The summed E-state index contributed by atoms with van der Waals surface area (Å²) >= 11 is 0. The van der Waals surface area contributed by atoms with E-state index < -0.39 is 15.5 Å². The Labute approximate surface area is 78.2 Å². The first-order valence-corrected chi connectivity index (χ1v) is 3.41. The molecule has 0 atom stereocenters. The highest BCUT2D eigenvalue weighted by Crippen LogP contribution is 2.30. The molecule has 0 aromatic heterocycles. The number of ether oxygens (including phenoxy) is 1. The molecule has 0 fully saturated rings. The minimum Gasteiger partial charge on any atom is -0.483 e. The van der Waals surface area contributed by atoms with Crippen molar-refractivity contribution >= 4 is 11.4 Å². The Morgan fingerprint density at radius 1 is 1.21 bits per heavy atom. The molecule has 0 spiro atoms. The third-order valence-electron chi connectivity index (χ3n) is 1.51. The number of hydrogen-bond acceptors (Lipinski definition) is 5. The standard InChI is InChI=1S/C7H5N2O5/c1-14-7-3-2-5(8(10)11)4-6(7)9(12)13/h2-4H,1H2. The molecule has 7 heteroatoms. The van der Waals surface area contributed by atoms with Crippen LogP contribution in [0.3, 0.4) is 0 Å². The van der Waals surface area contributed by atoms with Crippen LogP contribution >= 0.6 is 0 Å². The fraction of sp³-hybridized carbons (Fsp3) is 0. The van der Waals surface area contributed by atoms with Crippen molar-refractivity contribution in [2.75, 3.05) is 0 Å². The maximum Gasteiger partial charge on any atom is 0.317 e. The number of hydrogen-bond donors (Lipinski definition) is 0. The minimum absolute atomic E-state index is 0.111. The lowest BCUT2D eigenvalue weighted by Gasteiger charge is -1.99. The lowest BCUT2D eigenvalue weighted by Crippen LogP contribution is -1.95. The summed E-state index contributed by atoms with van der Waals surface area (Å²) in [6.07, 6.45) is 0. The summed E-state index contributed by atoms with van der Waals surface area (Å²) in [5.41, 5.74) is -0.841. The second-order valence-electron chi connectivity index (χ2n) is 2.31. The van der Waals surface area contributed by atoms with Crippen molar-refractivity contribution in [3.63, 3.8) is 0 Å². The van der Waals surface area contributed by atoms with Crippen LogP contribution in [0.1, 0.15) is 0 Å². The molecule has 1 aromatic rings. The zero-order valence-electron chi connectivity index (χ0n) is 6.87. The van der Waals surface area contributed by atoms with Crippen LogP contribution in [0.4, 0.5) is 11.4 Å². The molecule has 0 aliphatic carbocycles. The van der Waals surface area contributed by atoms with E-state index in [1.165, 1.54) is 0 Å². The molecule has 0 saturated heterocycles. The van der Waals surface area contributed by atoms with E-state index in [9.17, 15) is 20.2 Å². The van der Waals surface area contributed by atoms with Crippen LogP contribution in [-0.4, -0.2) is 9.85 Å². The highest BCUT2D eigenvalue weighted by Gasteiger charge is 2.19. The number of benzene rings is 1. The van der Waals surface area contributed by atoms with Gasteiger partial charge in [0.25, 0.3) is 5.69 Å². The summed E-state index contributed by atoms with van der Waals surface area (Å²) in [5, 5.41) is 20.7. The van der Waals surface area contributed by atoms with Gasteiger partial charge in [-0.2, -0.15) is 0 Å². The molecular weight excluding hydrogens is 192 g/mol. The SMILES string of the molecule is [CH2]Oc1ccc([N+](=O)[O-])cc1[N+](=O)[O-]. The topological polar surface area (TPSA) is 95.5 Å². The van der Waals surface area contributed by atoms with Gasteiger partial charge in [-0.15, -0.1) is 0 Å². The van der Waals surface area contributed by atoms with E-state index in [1.54, 1.807) is 0 Å². The summed E-state index contributed by atoms with van der Waals surface area (Å²) in [4.78, 5) is 19.2. The van der Waals surface area contributed by atoms with Gasteiger partial charge in [-0.25, -0.2) is 0 Å². The van der Waals surface area contributed by atoms with Crippen LogP contribution in [0.2, 0.25) is 0 Å². The van der Waals surface area contributed by atoms with Gasteiger partial charge in [0.1, 0.15) is 7.11 Å². The summed E-state index contributed by atoms with van der Waals surface area (Å²) in [7, 11) is 3.00. The van der Waals surface area contributed by atoms with Crippen molar-refractivity contribution in [2.24, 2.45) is 0 Å². The third-order valence-corrected chi connectivity index (χ3v) is 1.51. The number of non-ortho nitro benzene ring substituents is 1. The van der Waals surface area contributed by atoms with Gasteiger partial charge in [-0.3, -0.25) is 20.2 Å². The first kappa shape index (κ1) is 9.90. The monoisotopic (exact) mass is 197 g/mol. The van der Waals surface area contributed by atoms with E-state index in [0.29, 0.717) is 0 Å². The van der Waals surface area contributed by atoms with Gasteiger partial charge < -0.3 is 4.74 Å². The average molecular weight is 197 g/mol. The summed E-state index contributed by atoms with van der Waals surface area (Å²) in [5.74, 6) is -0.111. The summed E-state index contributed by atoms with van der Waals surface area (Å²) in [6.45, 7) is 0. The van der Waals surface area contributed by atoms with Crippen molar-refractivity contribution in [2.45, 2.75) is 0 Å². The number of nitro groups is 2. The molecule has 0 aliphatic heterocycles. The third kappa shape index (κ3) is 1.76. The molecule has 0 N–H and O–H groups in total. The molecule has 14 heavy (non-hydrogen) atoms. The molecule has 1 radical (unpaired) electrons. The zero-order valence-corrected chi connectivity index (χ0v) is 6.87. The molecule has 0 heterocycles. The Bertz CT molecular complexity index is 390. The zero-order chi connectivity index (χ0) is 10.7. The normalized spacial score (nSPS) is 9.50. The molecule has 0 unspecified atom stereocenters. The molecular formula is C7H5N2O5. The summed E-state index contributed by atoms with van der Waals surface area (Å²) < 4.78 is 4.43. The number of nitro benzene ring substituents is 2. The maximum absolute atomic E-state index is 10.4. The number of nitrogens with zero attached hydrogens (tertiary/aromatic N) is 2. The second-order valence-corrected chi connectivity index (χ2v) is 2.31. The highest BCUT2D eigenvalue weighted by molar-refractivity contribution is 5.53. The Balaban J connectivity index is 3.27. The molecule has 0 bridgehead atoms. The molecule has 1 rings (SSSR count). The first-order chi connectivity index (χ1) is 6.56.